The highest BCUT2D eigenvalue weighted by Gasteiger charge is 2.16. The maximum absolute atomic E-state index is 11.4. The Bertz CT molecular complexity index is 498. The molecular weight excluding hydrogens is 266 g/mol. The topological polar surface area (TPSA) is 98.9 Å². The molecule has 1 unspecified atom stereocenters. The van der Waals surface area contributed by atoms with Gasteiger partial charge in [0.25, 0.3) is 5.69 Å². The number of aliphatic hydroxyl groups excluding tert-OH is 1. The zero-order chi connectivity index (χ0) is 15.3. The van der Waals surface area contributed by atoms with Crippen LogP contribution >= 0.6 is 0 Å². The highest BCUT2D eigenvalue weighted by Crippen LogP contribution is 2.29. The Kier molecular flexibility index (Phi) is 5.45. The van der Waals surface area contributed by atoms with Crippen molar-refractivity contribution in [1.29, 1.82) is 0 Å². The Morgan fingerprint density at radius 3 is 2.55 bits per heavy atom. The second kappa shape index (κ2) is 6.85. The van der Waals surface area contributed by atoms with Gasteiger partial charge in [0.1, 0.15) is 5.75 Å². The lowest BCUT2D eigenvalue weighted by atomic mass is 10.1. The number of hydrogen-bond donors (Lipinski definition) is 1. The molecule has 1 rings (SSSR count). The van der Waals surface area contributed by atoms with Crippen LogP contribution in [0.5, 0.6) is 5.75 Å². The molecule has 7 nitrogen and oxygen atoms in total. The summed E-state index contributed by atoms with van der Waals surface area (Å²) in [4.78, 5) is 21.5. The minimum absolute atomic E-state index is 0.155. The fourth-order valence-electron chi connectivity index (χ4n) is 1.54. The van der Waals surface area contributed by atoms with Gasteiger partial charge in [0.05, 0.1) is 17.1 Å². The summed E-state index contributed by atoms with van der Waals surface area (Å²) in [5, 5.41) is 20.3. The minimum Gasteiger partial charge on any atom is -0.482 e. The van der Waals surface area contributed by atoms with E-state index in [1.165, 1.54) is 25.1 Å². The van der Waals surface area contributed by atoms with Gasteiger partial charge in [-0.2, -0.15) is 0 Å². The normalized spacial score (nSPS) is 12.1. The smallest absolute Gasteiger partial charge is 0.344 e. The molecule has 0 saturated carbocycles. The molecule has 0 aliphatic heterocycles. The van der Waals surface area contributed by atoms with Crippen LogP contribution < -0.4 is 4.74 Å². The standard InChI is InChI=1S/C13H17NO6/c1-8(2)20-13(16)7-19-12-5-4-10(14(17)18)6-11(12)9(3)15/h4-6,8-9,15H,7H2,1-3H3. The number of non-ortho nitro benzene ring substituents is 1. The molecule has 0 spiro atoms. The van der Waals surface area contributed by atoms with Gasteiger partial charge in [0.2, 0.25) is 0 Å². The van der Waals surface area contributed by atoms with E-state index in [0.717, 1.165) is 0 Å². The van der Waals surface area contributed by atoms with Crippen LogP contribution in [0, 0.1) is 10.1 Å². The Labute approximate surface area is 116 Å². The summed E-state index contributed by atoms with van der Waals surface area (Å²) in [5.74, 6) is -0.332. The number of nitro groups is 1. The lowest BCUT2D eigenvalue weighted by Gasteiger charge is -2.13. The van der Waals surface area contributed by atoms with Crippen molar-refractivity contribution in [2.75, 3.05) is 6.61 Å². The minimum atomic E-state index is -0.953. The first-order valence-electron chi connectivity index (χ1n) is 6.10. The summed E-state index contributed by atoms with van der Waals surface area (Å²) in [6.45, 7) is 4.56. The summed E-state index contributed by atoms with van der Waals surface area (Å²) in [7, 11) is 0. The molecule has 1 aromatic rings. The number of nitro benzene ring substituents is 1. The molecule has 0 aliphatic rings. The lowest BCUT2D eigenvalue weighted by Crippen LogP contribution is -2.19. The number of hydrogen-bond acceptors (Lipinski definition) is 6. The third-order valence-electron chi connectivity index (χ3n) is 2.37. The Morgan fingerprint density at radius 2 is 2.05 bits per heavy atom. The Hall–Kier alpha value is -2.15. The van der Waals surface area contributed by atoms with Crippen LogP contribution in [-0.4, -0.2) is 28.7 Å². The zero-order valence-corrected chi connectivity index (χ0v) is 11.5. The number of rotatable bonds is 6. The molecule has 0 radical (unpaired) electrons. The maximum Gasteiger partial charge on any atom is 0.344 e. The van der Waals surface area contributed by atoms with Crippen molar-refractivity contribution in [1.82, 2.24) is 0 Å². The number of benzene rings is 1. The van der Waals surface area contributed by atoms with Gasteiger partial charge in [0.15, 0.2) is 6.61 Å². The average molecular weight is 283 g/mol. The monoisotopic (exact) mass is 283 g/mol. The van der Waals surface area contributed by atoms with Gasteiger partial charge in [-0.1, -0.05) is 0 Å². The lowest BCUT2D eigenvalue weighted by molar-refractivity contribution is -0.385. The molecule has 0 amide bonds. The maximum atomic E-state index is 11.4. The molecule has 0 fully saturated rings. The van der Waals surface area contributed by atoms with E-state index in [-0.39, 0.29) is 29.7 Å². The largest absolute Gasteiger partial charge is 0.482 e. The summed E-state index contributed by atoms with van der Waals surface area (Å²) >= 11 is 0. The van der Waals surface area contributed by atoms with E-state index in [9.17, 15) is 20.0 Å². The number of esters is 1. The number of carbonyl (C=O) groups is 1. The molecule has 0 bridgehead atoms. The molecule has 0 heterocycles. The molecule has 0 saturated heterocycles. The van der Waals surface area contributed by atoms with Crippen molar-refractivity contribution in [2.45, 2.75) is 33.0 Å². The molecule has 1 N–H and O–H groups in total. The first-order chi connectivity index (χ1) is 9.31. The first-order valence-corrected chi connectivity index (χ1v) is 6.10. The molecule has 110 valence electrons. The van der Waals surface area contributed by atoms with E-state index in [1.54, 1.807) is 13.8 Å². The van der Waals surface area contributed by atoms with E-state index in [1.807, 2.05) is 0 Å². The van der Waals surface area contributed by atoms with Gasteiger partial charge in [-0.15, -0.1) is 0 Å². The second-order valence-corrected chi connectivity index (χ2v) is 4.48. The van der Waals surface area contributed by atoms with Crippen molar-refractivity contribution >= 4 is 11.7 Å². The van der Waals surface area contributed by atoms with Crippen molar-refractivity contribution in [3.05, 3.63) is 33.9 Å². The van der Waals surface area contributed by atoms with Crippen LogP contribution in [0.15, 0.2) is 18.2 Å². The van der Waals surface area contributed by atoms with Crippen molar-refractivity contribution in [3.63, 3.8) is 0 Å². The summed E-state index contributed by atoms with van der Waals surface area (Å²) < 4.78 is 10.1. The van der Waals surface area contributed by atoms with E-state index in [4.69, 9.17) is 9.47 Å². The van der Waals surface area contributed by atoms with Crippen LogP contribution in [0.4, 0.5) is 5.69 Å². The average Bonchev–Trinajstić information content (AvgIpc) is 2.35. The number of aliphatic hydroxyl groups is 1. The van der Waals surface area contributed by atoms with Crippen molar-refractivity contribution in [2.24, 2.45) is 0 Å². The highest BCUT2D eigenvalue weighted by atomic mass is 16.6. The van der Waals surface area contributed by atoms with Crippen molar-refractivity contribution < 1.29 is 24.3 Å². The predicted molar refractivity (Wildman–Crippen MR) is 70.5 cm³/mol. The molecular formula is C13H17NO6. The summed E-state index contributed by atoms with van der Waals surface area (Å²) in [5.41, 5.74) is 0.0922. The predicted octanol–water partition coefficient (Wildman–Crippen LogP) is 1.98. The molecule has 1 atom stereocenters. The Balaban J connectivity index is 2.84. The molecule has 1 aromatic carbocycles. The van der Waals surface area contributed by atoms with Gasteiger partial charge >= 0.3 is 5.97 Å². The van der Waals surface area contributed by atoms with E-state index < -0.39 is 17.0 Å². The van der Waals surface area contributed by atoms with Crippen LogP contribution in [-0.2, 0) is 9.53 Å². The van der Waals surface area contributed by atoms with Gasteiger partial charge in [0, 0.05) is 17.7 Å². The number of nitrogens with zero attached hydrogens (tertiary/aromatic N) is 1. The number of ether oxygens (including phenoxy) is 2. The van der Waals surface area contributed by atoms with Crippen LogP contribution in [0.25, 0.3) is 0 Å². The van der Waals surface area contributed by atoms with Gasteiger partial charge in [-0.3, -0.25) is 10.1 Å². The SMILES string of the molecule is CC(C)OC(=O)COc1ccc([N+](=O)[O-])cc1C(C)O. The molecule has 0 aromatic heterocycles. The molecule has 0 aliphatic carbocycles. The van der Waals surface area contributed by atoms with Crippen LogP contribution in [0.3, 0.4) is 0 Å². The zero-order valence-electron chi connectivity index (χ0n) is 11.5. The van der Waals surface area contributed by atoms with E-state index >= 15 is 0 Å². The Morgan fingerprint density at radius 1 is 1.40 bits per heavy atom. The van der Waals surface area contributed by atoms with Crippen molar-refractivity contribution in [3.8, 4) is 5.75 Å². The first kappa shape index (κ1) is 15.9. The van der Waals surface area contributed by atoms with Gasteiger partial charge in [-0.05, 0) is 26.8 Å². The fourth-order valence-corrected chi connectivity index (χ4v) is 1.54. The summed E-state index contributed by atoms with van der Waals surface area (Å²) in [6, 6.07) is 3.81. The quantitative estimate of drug-likeness (QED) is 0.487. The molecule has 7 heteroatoms. The van der Waals surface area contributed by atoms with Crippen LogP contribution in [0.1, 0.15) is 32.4 Å². The summed E-state index contributed by atoms with van der Waals surface area (Å²) in [6.07, 6.45) is -1.20. The second-order valence-electron chi connectivity index (χ2n) is 4.48. The third kappa shape index (κ3) is 4.51. The molecule has 20 heavy (non-hydrogen) atoms. The van der Waals surface area contributed by atoms with Gasteiger partial charge < -0.3 is 14.6 Å². The van der Waals surface area contributed by atoms with E-state index in [2.05, 4.69) is 0 Å². The fraction of sp³-hybridized carbons (Fsp3) is 0.462. The third-order valence-corrected chi connectivity index (χ3v) is 2.37. The van der Waals surface area contributed by atoms with Gasteiger partial charge in [-0.25, -0.2) is 4.79 Å². The van der Waals surface area contributed by atoms with E-state index in [0.29, 0.717) is 0 Å². The van der Waals surface area contributed by atoms with Crippen LogP contribution in [0.2, 0.25) is 0 Å². The highest BCUT2D eigenvalue weighted by molar-refractivity contribution is 5.71. The number of carbonyl (C=O) groups excluding carboxylic acids is 1.